The number of ether oxygens (including phenoxy) is 2. The Morgan fingerprint density at radius 2 is 0.930 bits per heavy atom. The van der Waals surface area contributed by atoms with Gasteiger partial charge in [-0.3, -0.25) is 0 Å². The highest BCUT2D eigenvalue weighted by Crippen LogP contribution is 2.24. The molecule has 0 unspecified atom stereocenters. The van der Waals surface area contributed by atoms with Crippen molar-refractivity contribution in [3.05, 3.63) is 199 Å². The molecule has 0 heterocycles. The second-order valence-corrected chi connectivity index (χ2v) is 12.9. The van der Waals surface area contributed by atoms with Gasteiger partial charge in [-0.15, -0.1) is 0 Å². The van der Waals surface area contributed by atoms with E-state index >= 15 is 0 Å². The normalized spacial score (nSPS) is 9.81. The predicted octanol–water partition coefficient (Wildman–Crippen LogP) is 11.9. The highest BCUT2D eigenvalue weighted by atomic mass is 16.5. The lowest BCUT2D eigenvalue weighted by atomic mass is 10.0. The number of carbonyl (C=O) groups excluding carboxylic acids is 2. The topological polar surface area (TPSA) is 100 Å². The molecule has 0 bridgehead atoms. The number of hydrogen-bond acceptors (Lipinski definition) is 6. The summed E-state index contributed by atoms with van der Waals surface area (Å²) in [7, 11) is 0. The monoisotopic (exact) mass is 750 g/mol. The van der Waals surface area contributed by atoms with Gasteiger partial charge < -0.3 is 9.47 Å². The molecule has 0 radical (unpaired) electrons. The summed E-state index contributed by atoms with van der Waals surface area (Å²) in [5, 5.41) is 17.5. The van der Waals surface area contributed by atoms with E-state index in [1.54, 1.807) is 24.3 Å². The molecule has 0 amide bonds. The summed E-state index contributed by atoms with van der Waals surface area (Å²) < 4.78 is 9.94. The Labute approximate surface area is 336 Å². The van der Waals surface area contributed by atoms with E-state index in [0.717, 1.165) is 22.8 Å². The van der Waals surface area contributed by atoms with E-state index in [-0.39, 0.29) is 5.97 Å². The highest BCUT2D eigenvalue weighted by molar-refractivity contribution is 5.83. The fourth-order valence-corrected chi connectivity index (χ4v) is 5.61. The molecule has 57 heavy (non-hydrogen) atoms. The third kappa shape index (κ3) is 14.5. The first-order valence-electron chi connectivity index (χ1n) is 18.8. The molecule has 6 aromatic rings. The molecule has 284 valence electrons. The SMILES string of the molecule is C=CC(=O)OCCc1ccc(-c2ccccc2)cc1.C=CC(=O)Oc1ccc(-c2ccc(C#N)cc2)cc1.CCCCCc1ccc(-c2ccc(C#N)cc2)cc1. The summed E-state index contributed by atoms with van der Waals surface area (Å²) in [5.74, 6) is -0.380. The number of nitrogens with zero attached hydrogens (tertiary/aromatic N) is 2. The van der Waals surface area contributed by atoms with Gasteiger partial charge >= 0.3 is 11.9 Å². The second kappa shape index (κ2) is 23.5. The third-order valence-electron chi connectivity index (χ3n) is 8.82. The van der Waals surface area contributed by atoms with E-state index in [1.165, 1.54) is 59.6 Å². The van der Waals surface area contributed by atoms with Gasteiger partial charge in [-0.2, -0.15) is 10.5 Å². The number of unbranched alkanes of at least 4 members (excludes halogenated alkanes) is 2. The summed E-state index contributed by atoms with van der Waals surface area (Å²) in [6.07, 6.45) is 8.02. The van der Waals surface area contributed by atoms with Crippen LogP contribution in [0, 0.1) is 22.7 Å². The molecule has 0 aromatic heterocycles. The summed E-state index contributed by atoms with van der Waals surface area (Å²) >= 11 is 0. The van der Waals surface area contributed by atoms with E-state index in [1.807, 2.05) is 66.7 Å². The molecule has 6 aromatic carbocycles. The molecular weight excluding hydrogens is 705 g/mol. The zero-order valence-corrected chi connectivity index (χ0v) is 32.3. The number of hydrogen-bond donors (Lipinski definition) is 0. The third-order valence-corrected chi connectivity index (χ3v) is 8.82. The van der Waals surface area contributed by atoms with Crippen LogP contribution >= 0.6 is 0 Å². The van der Waals surface area contributed by atoms with Crippen molar-refractivity contribution in [2.75, 3.05) is 6.61 Å². The summed E-state index contributed by atoms with van der Waals surface area (Å²) in [4.78, 5) is 21.9. The van der Waals surface area contributed by atoms with Crippen LogP contribution in [0.4, 0.5) is 0 Å². The lowest BCUT2D eigenvalue weighted by Crippen LogP contribution is -2.04. The van der Waals surface area contributed by atoms with E-state index in [2.05, 4.69) is 92.9 Å². The molecule has 6 heteroatoms. The smallest absolute Gasteiger partial charge is 0.335 e. The van der Waals surface area contributed by atoms with Gasteiger partial charge in [0.15, 0.2) is 0 Å². The van der Waals surface area contributed by atoms with Crippen molar-refractivity contribution in [2.45, 2.75) is 39.0 Å². The fourth-order valence-electron chi connectivity index (χ4n) is 5.61. The first-order valence-corrected chi connectivity index (χ1v) is 18.8. The van der Waals surface area contributed by atoms with Gasteiger partial charge in [0.2, 0.25) is 0 Å². The molecule has 0 aliphatic rings. The van der Waals surface area contributed by atoms with Crippen molar-refractivity contribution in [3.63, 3.8) is 0 Å². The molecule has 0 saturated heterocycles. The van der Waals surface area contributed by atoms with E-state index in [4.69, 9.17) is 20.0 Å². The molecule has 0 N–H and O–H groups in total. The average molecular weight is 751 g/mol. The highest BCUT2D eigenvalue weighted by Gasteiger charge is 2.03. The zero-order valence-electron chi connectivity index (χ0n) is 32.3. The van der Waals surface area contributed by atoms with Gasteiger partial charge in [-0.25, -0.2) is 9.59 Å². The number of carbonyl (C=O) groups is 2. The van der Waals surface area contributed by atoms with Crippen LogP contribution in [0.2, 0.25) is 0 Å². The van der Waals surface area contributed by atoms with Gasteiger partial charge in [0.1, 0.15) is 5.75 Å². The maximum Gasteiger partial charge on any atom is 0.335 e. The van der Waals surface area contributed by atoms with Crippen LogP contribution in [-0.4, -0.2) is 18.5 Å². The standard InChI is InChI=1S/C18H19N.C17H16O2.C16H11NO2/c1-2-3-4-5-15-6-10-17(11-7-15)18-12-8-16(14-19)9-13-18;1-2-17(18)19-13-12-14-8-10-16(11-9-14)15-6-4-3-5-7-15;1-2-16(18)19-15-9-7-14(8-10-15)13-5-3-12(11-17)4-6-13/h6-13H,2-5H2,1H3;2-11H,1,12-13H2;2-10H,1H2. The predicted molar refractivity (Wildman–Crippen MR) is 229 cm³/mol. The Kier molecular flexibility index (Phi) is 17.5. The van der Waals surface area contributed by atoms with Crippen molar-refractivity contribution < 1.29 is 19.1 Å². The molecular formula is C51H46N2O4. The number of rotatable bonds is 13. The Bertz CT molecular complexity index is 2250. The van der Waals surface area contributed by atoms with Crippen LogP contribution in [0.25, 0.3) is 33.4 Å². The van der Waals surface area contributed by atoms with Crippen LogP contribution in [-0.2, 0) is 27.2 Å². The van der Waals surface area contributed by atoms with Crippen LogP contribution < -0.4 is 4.74 Å². The van der Waals surface area contributed by atoms with E-state index in [0.29, 0.717) is 29.9 Å². The van der Waals surface area contributed by atoms with Crippen LogP contribution in [0.1, 0.15) is 48.4 Å². The Morgan fingerprint density at radius 3 is 1.35 bits per heavy atom. The van der Waals surface area contributed by atoms with Crippen molar-refractivity contribution in [3.8, 4) is 51.3 Å². The molecule has 0 aliphatic carbocycles. The Hall–Kier alpha value is -7.28. The molecule has 0 fully saturated rings. The fraction of sp³-hybridized carbons (Fsp3) is 0.137. The first-order chi connectivity index (χ1) is 27.8. The van der Waals surface area contributed by atoms with Crippen molar-refractivity contribution in [2.24, 2.45) is 0 Å². The van der Waals surface area contributed by atoms with Gasteiger partial charge in [0, 0.05) is 18.6 Å². The number of aryl methyl sites for hydroxylation is 1. The first kappa shape index (κ1) is 42.5. The van der Waals surface area contributed by atoms with Crippen LogP contribution in [0.5, 0.6) is 5.75 Å². The minimum absolute atomic E-state index is 0.374. The summed E-state index contributed by atoms with van der Waals surface area (Å²) in [6, 6.07) is 53.7. The van der Waals surface area contributed by atoms with Crippen molar-refractivity contribution in [1.82, 2.24) is 0 Å². The Balaban J connectivity index is 0.000000189. The molecule has 0 saturated carbocycles. The number of benzene rings is 6. The largest absolute Gasteiger partial charge is 0.462 e. The maximum atomic E-state index is 11.0. The average Bonchev–Trinajstić information content (AvgIpc) is 3.28. The van der Waals surface area contributed by atoms with Gasteiger partial charge in [-0.1, -0.05) is 148 Å². The quantitative estimate of drug-likeness (QED) is 0.0504. The summed E-state index contributed by atoms with van der Waals surface area (Å²) in [5.41, 5.74) is 10.6. The van der Waals surface area contributed by atoms with E-state index < -0.39 is 5.97 Å². The lowest BCUT2D eigenvalue weighted by molar-refractivity contribution is -0.137. The number of esters is 2. The van der Waals surface area contributed by atoms with Crippen LogP contribution in [0.3, 0.4) is 0 Å². The van der Waals surface area contributed by atoms with Gasteiger partial charge in [0.05, 0.1) is 29.9 Å². The molecule has 6 rings (SSSR count). The molecule has 0 spiro atoms. The van der Waals surface area contributed by atoms with Crippen molar-refractivity contribution >= 4 is 11.9 Å². The molecule has 6 nitrogen and oxygen atoms in total. The van der Waals surface area contributed by atoms with Crippen LogP contribution in [0.15, 0.2) is 177 Å². The Morgan fingerprint density at radius 1 is 0.526 bits per heavy atom. The van der Waals surface area contributed by atoms with E-state index in [9.17, 15) is 9.59 Å². The zero-order chi connectivity index (χ0) is 40.7. The minimum Gasteiger partial charge on any atom is -0.462 e. The minimum atomic E-state index is -0.480. The number of nitriles is 2. The second-order valence-electron chi connectivity index (χ2n) is 12.9. The maximum absolute atomic E-state index is 11.0. The van der Waals surface area contributed by atoms with Gasteiger partial charge in [0.25, 0.3) is 0 Å². The molecule has 0 atom stereocenters. The molecule has 0 aliphatic heterocycles. The van der Waals surface area contributed by atoms with Gasteiger partial charge in [-0.05, 0) is 93.7 Å². The summed E-state index contributed by atoms with van der Waals surface area (Å²) in [6.45, 7) is 9.31. The van der Waals surface area contributed by atoms with Crippen molar-refractivity contribution in [1.29, 1.82) is 10.5 Å². The lowest BCUT2D eigenvalue weighted by Gasteiger charge is -2.05.